The maximum Gasteiger partial charge on any atom is 0.224 e. The first kappa shape index (κ1) is 18.5. The lowest BCUT2D eigenvalue weighted by molar-refractivity contribution is -0.120. The zero-order valence-electron chi connectivity index (χ0n) is 16.4. The first-order valence-corrected chi connectivity index (χ1v) is 9.71. The highest BCUT2D eigenvalue weighted by molar-refractivity contribution is 5.89. The molecule has 0 aliphatic carbocycles. The minimum Gasteiger partial charge on any atom is -0.375 e. The molecule has 6 heteroatoms. The summed E-state index contributed by atoms with van der Waals surface area (Å²) in [6.45, 7) is 5.00. The molecule has 1 aliphatic heterocycles. The van der Waals surface area contributed by atoms with E-state index in [2.05, 4.69) is 38.8 Å². The Morgan fingerprint density at radius 3 is 2.93 bits per heavy atom. The second-order valence-electron chi connectivity index (χ2n) is 7.39. The summed E-state index contributed by atoms with van der Waals surface area (Å²) >= 11 is 0. The van der Waals surface area contributed by atoms with Crippen LogP contribution in [-0.2, 0) is 29.5 Å². The number of nitrogens with zero attached hydrogens (tertiary/aromatic N) is 3. The minimum absolute atomic E-state index is 0.0161. The number of carbonyl (C=O) groups is 1. The molecule has 1 unspecified atom stereocenters. The number of rotatable bonds is 5. The molecular weight excluding hydrogens is 352 g/mol. The quantitative estimate of drug-likeness (QED) is 0.742. The third-order valence-corrected chi connectivity index (χ3v) is 5.19. The first-order chi connectivity index (χ1) is 13.6. The number of carbonyl (C=O) groups excluding carboxylic acids is 1. The number of anilines is 1. The highest BCUT2D eigenvalue weighted by Crippen LogP contribution is 2.20. The number of ether oxygens (including phenoxy) is 1. The molecule has 1 atom stereocenters. The number of hydrogen-bond acceptors (Lipinski definition) is 4. The van der Waals surface area contributed by atoms with Crippen molar-refractivity contribution in [1.82, 2.24) is 14.9 Å². The molecule has 146 valence electrons. The summed E-state index contributed by atoms with van der Waals surface area (Å²) in [4.78, 5) is 19.2. The molecule has 1 saturated heterocycles. The van der Waals surface area contributed by atoms with E-state index in [0.29, 0.717) is 13.0 Å². The van der Waals surface area contributed by atoms with E-state index in [4.69, 9.17) is 4.74 Å². The summed E-state index contributed by atoms with van der Waals surface area (Å²) in [7, 11) is 2.01. The summed E-state index contributed by atoms with van der Waals surface area (Å²) < 4.78 is 7.64. The van der Waals surface area contributed by atoms with E-state index in [0.717, 1.165) is 47.5 Å². The predicted molar refractivity (Wildman–Crippen MR) is 110 cm³/mol. The molecule has 1 aliphatic rings. The van der Waals surface area contributed by atoms with Crippen molar-refractivity contribution in [1.29, 1.82) is 0 Å². The van der Waals surface area contributed by atoms with E-state index < -0.39 is 0 Å². The molecule has 3 aromatic rings. The molecule has 1 aromatic carbocycles. The number of fused-ring (bicyclic) bond motifs is 1. The van der Waals surface area contributed by atoms with Crippen LogP contribution in [0.15, 0.2) is 48.8 Å². The van der Waals surface area contributed by atoms with Crippen LogP contribution < -0.4 is 10.2 Å². The van der Waals surface area contributed by atoms with Crippen LogP contribution in [0, 0.1) is 0 Å². The molecule has 1 amide bonds. The van der Waals surface area contributed by atoms with Crippen LogP contribution >= 0.6 is 0 Å². The Morgan fingerprint density at radius 2 is 2.14 bits per heavy atom. The van der Waals surface area contributed by atoms with Gasteiger partial charge in [0.05, 0.1) is 19.1 Å². The van der Waals surface area contributed by atoms with Gasteiger partial charge in [0.15, 0.2) is 0 Å². The normalized spacial score (nSPS) is 17.1. The lowest BCUT2D eigenvalue weighted by Crippen LogP contribution is -2.41. The van der Waals surface area contributed by atoms with Crippen LogP contribution in [0.5, 0.6) is 0 Å². The molecule has 0 spiro atoms. The highest BCUT2D eigenvalue weighted by Gasteiger charge is 2.17. The van der Waals surface area contributed by atoms with Crippen LogP contribution in [-0.4, -0.2) is 41.3 Å². The van der Waals surface area contributed by atoms with Crippen LogP contribution in [0.25, 0.3) is 10.9 Å². The number of hydrogen-bond donors (Lipinski definition) is 1. The largest absolute Gasteiger partial charge is 0.375 e. The maximum atomic E-state index is 12.4. The number of pyridine rings is 1. The monoisotopic (exact) mass is 378 g/mol. The highest BCUT2D eigenvalue weighted by atomic mass is 16.5. The number of nitrogens with one attached hydrogen (secondary N) is 1. The number of morpholine rings is 1. The smallest absolute Gasteiger partial charge is 0.224 e. The average Bonchev–Trinajstić information content (AvgIpc) is 3.02. The van der Waals surface area contributed by atoms with Crippen LogP contribution in [0.1, 0.15) is 18.1 Å². The summed E-state index contributed by atoms with van der Waals surface area (Å²) in [6.07, 6.45) is 4.47. The Bertz CT molecular complexity index is 964. The van der Waals surface area contributed by atoms with Gasteiger partial charge in [-0.05, 0) is 30.2 Å². The number of amides is 1. The van der Waals surface area contributed by atoms with Gasteiger partial charge in [-0.15, -0.1) is 0 Å². The van der Waals surface area contributed by atoms with Gasteiger partial charge in [0.25, 0.3) is 0 Å². The molecule has 0 radical (unpaired) electrons. The van der Waals surface area contributed by atoms with Gasteiger partial charge < -0.3 is 19.5 Å². The molecule has 0 saturated carbocycles. The van der Waals surface area contributed by atoms with Crippen molar-refractivity contribution in [3.8, 4) is 0 Å². The van der Waals surface area contributed by atoms with Gasteiger partial charge in [-0.1, -0.05) is 24.3 Å². The third-order valence-electron chi connectivity index (χ3n) is 5.19. The van der Waals surface area contributed by atoms with E-state index >= 15 is 0 Å². The molecule has 1 N–H and O–H groups in total. The summed E-state index contributed by atoms with van der Waals surface area (Å²) in [5, 5.41) is 4.14. The summed E-state index contributed by atoms with van der Waals surface area (Å²) in [6, 6.07) is 12.2. The Hall–Kier alpha value is -2.86. The Balaban J connectivity index is 1.34. The second kappa shape index (κ2) is 8.02. The van der Waals surface area contributed by atoms with E-state index in [1.165, 1.54) is 0 Å². The number of benzene rings is 1. The summed E-state index contributed by atoms with van der Waals surface area (Å²) in [5.74, 6) is 0.975. The van der Waals surface area contributed by atoms with Gasteiger partial charge in [0.1, 0.15) is 5.82 Å². The van der Waals surface area contributed by atoms with E-state index in [-0.39, 0.29) is 12.0 Å². The van der Waals surface area contributed by atoms with Gasteiger partial charge in [-0.25, -0.2) is 4.98 Å². The molecule has 4 rings (SSSR count). The molecule has 0 bridgehead atoms. The van der Waals surface area contributed by atoms with Gasteiger partial charge in [-0.3, -0.25) is 4.79 Å². The Kier molecular flexibility index (Phi) is 5.30. The molecule has 3 heterocycles. The third kappa shape index (κ3) is 4.02. The van der Waals surface area contributed by atoms with Gasteiger partial charge in [0, 0.05) is 50.0 Å². The van der Waals surface area contributed by atoms with E-state index in [9.17, 15) is 4.79 Å². The Labute approximate surface area is 165 Å². The van der Waals surface area contributed by atoms with Crippen molar-refractivity contribution in [3.05, 3.63) is 59.9 Å². The van der Waals surface area contributed by atoms with E-state index in [1.54, 1.807) is 0 Å². The van der Waals surface area contributed by atoms with Crippen molar-refractivity contribution in [3.63, 3.8) is 0 Å². The average molecular weight is 378 g/mol. The Morgan fingerprint density at radius 1 is 1.29 bits per heavy atom. The number of aryl methyl sites for hydroxylation is 1. The van der Waals surface area contributed by atoms with Gasteiger partial charge >= 0.3 is 0 Å². The fraction of sp³-hybridized carbons (Fsp3) is 0.364. The van der Waals surface area contributed by atoms with E-state index in [1.807, 2.05) is 43.7 Å². The molecule has 1 fully saturated rings. The predicted octanol–water partition coefficient (Wildman–Crippen LogP) is 2.66. The molecule has 2 aromatic heterocycles. The van der Waals surface area contributed by atoms with Crippen molar-refractivity contribution >= 4 is 22.6 Å². The fourth-order valence-corrected chi connectivity index (χ4v) is 3.74. The van der Waals surface area contributed by atoms with Crippen LogP contribution in [0.2, 0.25) is 0 Å². The maximum absolute atomic E-state index is 12.4. The first-order valence-electron chi connectivity index (χ1n) is 9.71. The van der Waals surface area contributed by atoms with Crippen molar-refractivity contribution < 1.29 is 9.53 Å². The molecule has 6 nitrogen and oxygen atoms in total. The lowest BCUT2D eigenvalue weighted by atomic mass is 10.1. The van der Waals surface area contributed by atoms with Crippen LogP contribution in [0.4, 0.5) is 5.82 Å². The van der Waals surface area contributed by atoms with Crippen LogP contribution in [0.3, 0.4) is 0 Å². The van der Waals surface area contributed by atoms with Gasteiger partial charge in [0.2, 0.25) is 5.91 Å². The lowest BCUT2D eigenvalue weighted by Gasteiger charge is -2.32. The van der Waals surface area contributed by atoms with Crippen molar-refractivity contribution in [2.75, 3.05) is 24.6 Å². The second-order valence-corrected chi connectivity index (χ2v) is 7.39. The topological polar surface area (TPSA) is 59.4 Å². The number of aromatic nitrogens is 2. The molecular formula is C22H26N4O2. The van der Waals surface area contributed by atoms with Crippen molar-refractivity contribution in [2.45, 2.75) is 26.0 Å². The van der Waals surface area contributed by atoms with Gasteiger partial charge in [-0.2, -0.15) is 0 Å². The zero-order valence-corrected chi connectivity index (χ0v) is 16.4. The SMILES string of the molecule is CC1CN(c2ccc(CNC(=O)Cc3cn(C)c4ccccc34)cn2)CCO1. The summed E-state index contributed by atoms with van der Waals surface area (Å²) in [5.41, 5.74) is 3.18. The fourth-order valence-electron chi connectivity index (χ4n) is 3.74. The van der Waals surface area contributed by atoms with Crippen molar-refractivity contribution in [2.24, 2.45) is 7.05 Å². The zero-order chi connectivity index (χ0) is 19.5. The molecule has 28 heavy (non-hydrogen) atoms. The standard InChI is InChI=1S/C22H26N4O2/c1-16-14-26(9-10-28-16)21-8-7-17(12-23-21)13-24-22(27)11-18-15-25(2)20-6-4-3-5-19(18)20/h3-8,12,15-16H,9-11,13-14H2,1-2H3,(H,24,27). The minimum atomic E-state index is 0.0161. The number of para-hydroxylation sites is 1.